The summed E-state index contributed by atoms with van der Waals surface area (Å²) in [6.45, 7) is 6.74. The van der Waals surface area contributed by atoms with Crippen LogP contribution in [0.5, 0.6) is 5.75 Å². The van der Waals surface area contributed by atoms with Crippen molar-refractivity contribution in [3.63, 3.8) is 0 Å². The molecule has 3 aromatic rings. The van der Waals surface area contributed by atoms with Gasteiger partial charge in [-0.25, -0.2) is 0 Å². The molecule has 0 bridgehead atoms. The molecule has 0 aliphatic carbocycles. The smallest absolute Gasteiger partial charge is 0.241 e. The van der Waals surface area contributed by atoms with Gasteiger partial charge in [0.15, 0.2) is 0 Å². The minimum absolute atomic E-state index is 0.0292. The molecular weight excluding hydrogens is 412 g/mol. The van der Waals surface area contributed by atoms with E-state index in [1.807, 2.05) is 55.6 Å². The molecule has 4 rings (SSSR count). The standard InChI is InChI=1S/C23H28N4O3S/c1-16-6-3-4-7-19(16)29-15-17(2)24-23(28)18-9-11-27(12-10-18)14-21-25-22(26-30-21)20-8-5-13-31-20/h3-8,13,17-18H,9-12,14-15H2,1-2H3,(H,24,28). The van der Waals surface area contributed by atoms with Gasteiger partial charge in [-0.15, -0.1) is 11.3 Å². The SMILES string of the molecule is Cc1ccccc1OCC(C)NC(=O)C1CCN(Cc2nc(-c3cccs3)no2)CC1. The Morgan fingerprint density at radius 2 is 2.10 bits per heavy atom. The number of carbonyl (C=O) groups excluding carboxylic acids is 1. The van der Waals surface area contributed by atoms with Gasteiger partial charge in [-0.05, 0) is 62.9 Å². The summed E-state index contributed by atoms with van der Waals surface area (Å²) < 4.78 is 11.3. The molecule has 1 atom stereocenters. The van der Waals surface area contributed by atoms with Crippen LogP contribution in [-0.2, 0) is 11.3 Å². The second kappa shape index (κ2) is 10.1. The Morgan fingerprint density at radius 1 is 1.29 bits per heavy atom. The fourth-order valence-electron chi connectivity index (χ4n) is 3.71. The predicted octanol–water partition coefficient (Wildman–Crippen LogP) is 3.90. The fourth-order valence-corrected chi connectivity index (χ4v) is 4.35. The zero-order chi connectivity index (χ0) is 21.6. The summed E-state index contributed by atoms with van der Waals surface area (Å²) in [4.78, 5) is 20.4. The van der Waals surface area contributed by atoms with Crippen LogP contribution in [-0.4, -0.2) is 46.7 Å². The highest BCUT2D eigenvalue weighted by atomic mass is 32.1. The number of amides is 1. The molecule has 0 saturated carbocycles. The molecule has 1 aliphatic rings. The molecule has 3 heterocycles. The van der Waals surface area contributed by atoms with Crippen molar-refractivity contribution in [3.8, 4) is 16.5 Å². The number of thiophene rings is 1. The van der Waals surface area contributed by atoms with Crippen molar-refractivity contribution in [1.29, 1.82) is 0 Å². The molecule has 7 nitrogen and oxygen atoms in total. The lowest BCUT2D eigenvalue weighted by atomic mass is 9.95. The van der Waals surface area contributed by atoms with Gasteiger partial charge in [-0.3, -0.25) is 9.69 Å². The van der Waals surface area contributed by atoms with Gasteiger partial charge < -0.3 is 14.6 Å². The number of likely N-dealkylation sites (tertiary alicyclic amines) is 1. The topological polar surface area (TPSA) is 80.5 Å². The van der Waals surface area contributed by atoms with E-state index in [2.05, 4.69) is 20.4 Å². The maximum absolute atomic E-state index is 12.7. The van der Waals surface area contributed by atoms with Gasteiger partial charge in [-0.1, -0.05) is 29.4 Å². The van der Waals surface area contributed by atoms with Crippen LogP contribution < -0.4 is 10.1 Å². The fraction of sp³-hybridized carbons (Fsp3) is 0.435. The maximum atomic E-state index is 12.7. The van der Waals surface area contributed by atoms with E-state index < -0.39 is 0 Å². The Morgan fingerprint density at radius 3 is 2.84 bits per heavy atom. The summed E-state index contributed by atoms with van der Waals surface area (Å²) >= 11 is 1.59. The van der Waals surface area contributed by atoms with Crippen molar-refractivity contribution >= 4 is 17.2 Å². The number of carbonyl (C=O) groups is 1. The van der Waals surface area contributed by atoms with Crippen LogP contribution in [0.25, 0.3) is 10.7 Å². The number of rotatable bonds is 8. The summed E-state index contributed by atoms with van der Waals surface area (Å²) in [5.41, 5.74) is 1.09. The van der Waals surface area contributed by atoms with E-state index in [9.17, 15) is 4.79 Å². The van der Waals surface area contributed by atoms with Gasteiger partial charge in [0.2, 0.25) is 17.6 Å². The van der Waals surface area contributed by atoms with Crippen LogP contribution >= 0.6 is 11.3 Å². The van der Waals surface area contributed by atoms with Crippen molar-refractivity contribution in [3.05, 3.63) is 53.2 Å². The number of nitrogens with zero attached hydrogens (tertiary/aromatic N) is 3. The summed E-state index contributed by atoms with van der Waals surface area (Å²) in [7, 11) is 0. The number of hydrogen-bond acceptors (Lipinski definition) is 7. The lowest BCUT2D eigenvalue weighted by Crippen LogP contribution is -2.44. The third-order valence-corrected chi connectivity index (χ3v) is 6.36. The van der Waals surface area contributed by atoms with Gasteiger partial charge in [-0.2, -0.15) is 4.98 Å². The van der Waals surface area contributed by atoms with E-state index >= 15 is 0 Å². The third-order valence-electron chi connectivity index (χ3n) is 5.50. The number of para-hydroxylation sites is 1. The van der Waals surface area contributed by atoms with Crippen molar-refractivity contribution in [1.82, 2.24) is 20.4 Å². The van der Waals surface area contributed by atoms with Gasteiger partial charge in [0.25, 0.3) is 0 Å². The minimum atomic E-state index is -0.0424. The van der Waals surface area contributed by atoms with Crippen LogP contribution in [0.4, 0.5) is 0 Å². The highest BCUT2D eigenvalue weighted by Crippen LogP contribution is 2.23. The zero-order valence-corrected chi connectivity index (χ0v) is 18.7. The Labute approximate surface area is 186 Å². The van der Waals surface area contributed by atoms with Crippen LogP contribution in [0.15, 0.2) is 46.3 Å². The predicted molar refractivity (Wildman–Crippen MR) is 120 cm³/mol. The number of ether oxygens (including phenoxy) is 1. The van der Waals surface area contributed by atoms with Crippen molar-refractivity contribution in [2.45, 2.75) is 39.3 Å². The molecule has 1 aromatic carbocycles. The largest absolute Gasteiger partial charge is 0.491 e. The van der Waals surface area contributed by atoms with Crippen molar-refractivity contribution in [2.75, 3.05) is 19.7 Å². The van der Waals surface area contributed by atoms with Crippen LogP contribution in [0.3, 0.4) is 0 Å². The van der Waals surface area contributed by atoms with Gasteiger partial charge in [0, 0.05) is 5.92 Å². The highest BCUT2D eigenvalue weighted by Gasteiger charge is 2.27. The number of aryl methyl sites for hydroxylation is 1. The van der Waals surface area contributed by atoms with E-state index in [-0.39, 0.29) is 17.9 Å². The lowest BCUT2D eigenvalue weighted by molar-refractivity contribution is -0.127. The van der Waals surface area contributed by atoms with E-state index in [4.69, 9.17) is 9.26 Å². The first kappa shape index (κ1) is 21.5. The van der Waals surface area contributed by atoms with Gasteiger partial charge >= 0.3 is 0 Å². The molecule has 1 unspecified atom stereocenters. The number of nitrogens with one attached hydrogen (secondary N) is 1. The van der Waals surface area contributed by atoms with Gasteiger partial charge in [0.05, 0.1) is 17.5 Å². The van der Waals surface area contributed by atoms with E-state index in [0.29, 0.717) is 24.9 Å². The first-order chi connectivity index (χ1) is 15.1. The monoisotopic (exact) mass is 440 g/mol. The second-order valence-electron chi connectivity index (χ2n) is 8.03. The van der Waals surface area contributed by atoms with Crippen LogP contribution in [0.1, 0.15) is 31.2 Å². The molecule has 164 valence electrons. The average Bonchev–Trinajstić information content (AvgIpc) is 3.46. The van der Waals surface area contributed by atoms with Crippen molar-refractivity contribution in [2.24, 2.45) is 5.92 Å². The van der Waals surface area contributed by atoms with Gasteiger partial charge in [0.1, 0.15) is 12.4 Å². The molecular formula is C23H28N4O3S. The molecule has 8 heteroatoms. The normalized spacial score (nSPS) is 16.2. The second-order valence-corrected chi connectivity index (χ2v) is 8.97. The van der Waals surface area contributed by atoms with Crippen LogP contribution in [0.2, 0.25) is 0 Å². The lowest BCUT2D eigenvalue weighted by Gasteiger charge is -2.30. The number of piperidine rings is 1. The van der Waals surface area contributed by atoms with Crippen molar-refractivity contribution < 1.29 is 14.1 Å². The Kier molecular flexibility index (Phi) is 6.99. The van der Waals surface area contributed by atoms with E-state index in [1.54, 1.807) is 11.3 Å². The quantitative estimate of drug-likeness (QED) is 0.572. The van der Waals surface area contributed by atoms with E-state index in [0.717, 1.165) is 42.1 Å². The summed E-state index contributed by atoms with van der Waals surface area (Å²) in [6.07, 6.45) is 1.65. The number of benzene rings is 1. The minimum Gasteiger partial charge on any atom is -0.491 e. The zero-order valence-electron chi connectivity index (χ0n) is 17.9. The number of hydrogen-bond donors (Lipinski definition) is 1. The molecule has 1 saturated heterocycles. The average molecular weight is 441 g/mol. The first-order valence-corrected chi connectivity index (χ1v) is 11.5. The Bertz CT molecular complexity index is 980. The van der Waals surface area contributed by atoms with E-state index in [1.165, 1.54) is 0 Å². The third kappa shape index (κ3) is 5.71. The maximum Gasteiger partial charge on any atom is 0.241 e. The Hall–Kier alpha value is -2.71. The molecule has 1 amide bonds. The first-order valence-electron chi connectivity index (χ1n) is 10.7. The summed E-state index contributed by atoms with van der Waals surface area (Å²) in [5.74, 6) is 2.26. The highest BCUT2D eigenvalue weighted by molar-refractivity contribution is 7.13. The molecule has 1 fully saturated rings. The molecule has 0 radical (unpaired) electrons. The Balaban J connectivity index is 1.19. The summed E-state index contributed by atoms with van der Waals surface area (Å²) in [5, 5.41) is 9.16. The molecule has 31 heavy (non-hydrogen) atoms. The van der Waals surface area contributed by atoms with Crippen LogP contribution in [0, 0.1) is 12.8 Å². The number of aromatic nitrogens is 2. The molecule has 1 aliphatic heterocycles. The molecule has 1 N–H and O–H groups in total. The molecule has 0 spiro atoms. The summed E-state index contributed by atoms with van der Waals surface area (Å²) in [6, 6.07) is 11.8. The molecule has 2 aromatic heterocycles.